The van der Waals surface area contributed by atoms with E-state index in [0.29, 0.717) is 42.7 Å². The number of hydrogen-bond acceptors (Lipinski definition) is 13. The molecule has 194 valence electrons. The molecule has 4 heterocycles. The molecule has 35 heavy (non-hydrogen) atoms. The summed E-state index contributed by atoms with van der Waals surface area (Å²) in [6.45, 7) is 3.02. The Bertz CT molecular complexity index is 936. The molecule has 2 aliphatic rings. The molecule has 2 fully saturated rings. The van der Waals surface area contributed by atoms with E-state index in [-0.39, 0.29) is 25.0 Å². The number of nitrogens with one attached hydrogen (secondary N) is 4. The second-order valence-electron chi connectivity index (χ2n) is 7.74. The Labute approximate surface area is 205 Å². The number of rotatable bonds is 7. The zero-order valence-corrected chi connectivity index (χ0v) is 19.4. The predicted octanol–water partition coefficient (Wildman–Crippen LogP) is 2.34. The van der Waals surface area contributed by atoms with Gasteiger partial charge in [-0.1, -0.05) is 7.43 Å². The van der Waals surface area contributed by atoms with Crippen LogP contribution in [0.1, 0.15) is 33.1 Å². The molecule has 0 aliphatic carbocycles. The molecule has 0 bridgehead atoms. The van der Waals surface area contributed by atoms with E-state index in [0.717, 1.165) is 38.9 Å². The first-order valence-corrected chi connectivity index (χ1v) is 11.2. The van der Waals surface area contributed by atoms with E-state index in [1.54, 1.807) is 20.3 Å². The number of aromatic nitrogens is 4. The van der Waals surface area contributed by atoms with Gasteiger partial charge in [-0.25, -0.2) is 9.97 Å². The quantitative estimate of drug-likeness (QED) is 0.280. The summed E-state index contributed by atoms with van der Waals surface area (Å²) in [5.41, 5.74) is 6.12. The molecule has 0 radical (unpaired) electrons. The molecule has 2 aromatic heterocycles. The summed E-state index contributed by atoms with van der Waals surface area (Å²) in [6.07, 6.45) is 6.57. The van der Waals surface area contributed by atoms with Crippen LogP contribution in [0.3, 0.4) is 0 Å². The van der Waals surface area contributed by atoms with Gasteiger partial charge in [0, 0.05) is 52.6 Å². The normalized spacial score (nSPS) is 16.2. The molecule has 0 atom stereocenters. The summed E-state index contributed by atoms with van der Waals surface area (Å²) in [4.78, 5) is 26.7. The van der Waals surface area contributed by atoms with Crippen LogP contribution in [0.2, 0.25) is 0 Å². The molecule has 14 nitrogen and oxygen atoms in total. The first kappa shape index (κ1) is 27.7. The van der Waals surface area contributed by atoms with E-state index in [9.17, 15) is 10.1 Å². The molecule has 0 amide bonds. The minimum atomic E-state index is -0.510. The molecular weight excluding hydrogens is 456 g/mol. The lowest BCUT2D eigenvalue weighted by Crippen LogP contribution is -2.28. The lowest BCUT2D eigenvalue weighted by Gasteiger charge is -2.23. The maximum Gasteiger partial charge on any atom is 0.329 e. The minimum Gasteiger partial charge on any atom is -0.394 e. The van der Waals surface area contributed by atoms with Gasteiger partial charge in [0.2, 0.25) is 17.7 Å². The van der Waals surface area contributed by atoms with Crippen molar-refractivity contribution in [1.82, 2.24) is 19.9 Å². The van der Waals surface area contributed by atoms with Crippen LogP contribution in [-0.2, 0) is 9.47 Å². The molecule has 0 unspecified atom stereocenters. The standard InChI is InChI=1S/C10H15N5O3.C10H17N5O.CH4/c1-11-9-8(15(16)17)6-12-10(14-9)13-7-2-4-18-5-3-7;1-12-9-8(11)6-13-10(15-9)14-7-2-4-16-5-3-7;/h6-7H,2-5H2,1H3,(H2,11,12,13,14);6-7H,2-5,11H2,1H3,(H2,12,13,14,15);1H4. The van der Waals surface area contributed by atoms with Gasteiger partial charge in [-0.15, -0.1) is 0 Å². The Hall–Kier alpha value is -3.52. The van der Waals surface area contributed by atoms with Crippen LogP contribution in [0.15, 0.2) is 12.4 Å². The average molecular weight is 493 g/mol. The van der Waals surface area contributed by atoms with Gasteiger partial charge in [-0.3, -0.25) is 10.1 Å². The van der Waals surface area contributed by atoms with Crippen LogP contribution in [0.5, 0.6) is 0 Å². The molecule has 2 aromatic rings. The third-order valence-corrected chi connectivity index (χ3v) is 5.37. The Kier molecular flexibility index (Phi) is 11.1. The van der Waals surface area contributed by atoms with Crippen molar-refractivity contribution in [1.29, 1.82) is 0 Å². The van der Waals surface area contributed by atoms with Crippen molar-refractivity contribution in [3.8, 4) is 0 Å². The number of anilines is 5. The predicted molar refractivity (Wildman–Crippen MR) is 136 cm³/mol. The van der Waals surface area contributed by atoms with E-state index < -0.39 is 4.92 Å². The van der Waals surface area contributed by atoms with Crippen molar-refractivity contribution in [3.63, 3.8) is 0 Å². The first-order chi connectivity index (χ1) is 16.5. The molecule has 2 saturated heterocycles. The lowest BCUT2D eigenvalue weighted by atomic mass is 10.1. The zero-order valence-electron chi connectivity index (χ0n) is 19.4. The van der Waals surface area contributed by atoms with Crippen molar-refractivity contribution >= 4 is 34.9 Å². The SMILES string of the molecule is C.CNc1nc(NC2CCOCC2)ncc1N.CNc1nc(NC2CCOCC2)ncc1[N+](=O)[O-]. The molecule has 4 rings (SSSR count). The topological polar surface area (TPSA) is 187 Å². The van der Waals surface area contributed by atoms with Crippen LogP contribution in [0.4, 0.5) is 34.9 Å². The number of ether oxygens (including phenoxy) is 2. The largest absolute Gasteiger partial charge is 0.394 e. The van der Waals surface area contributed by atoms with Crippen LogP contribution < -0.4 is 27.0 Å². The van der Waals surface area contributed by atoms with Crippen molar-refractivity contribution < 1.29 is 14.4 Å². The highest BCUT2D eigenvalue weighted by molar-refractivity contribution is 5.61. The lowest BCUT2D eigenvalue weighted by molar-refractivity contribution is -0.384. The van der Waals surface area contributed by atoms with Gasteiger partial charge in [0.25, 0.3) is 0 Å². The third-order valence-electron chi connectivity index (χ3n) is 5.37. The minimum absolute atomic E-state index is 0. The smallest absolute Gasteiger partial charge is 0.329 e. The fraction of sp³-hybridized carbons (Fsp3) is 0.619. The Morgan fingerprint density at radius 3 is 1.80 bits per heavy atom. The van der Waals surface area contributed by atoms with Crippen molar-refractivity contribution in [2.75, 3.05) is 67.5 Å². The summed E-state index contributed by atoms with van der Waals surface area (Å²) in [5.74, 6) is 1.89. The summed E-state index contributed by atoms with van der Waals surface area (Å²) in [7, 11) is 3.38. The number of hydrogen-bond donors (Lipinski definition) is 5. The van der Waals surface area contributed by atoms with Gasteiger partial charge < -0.3 is 36.5 Å². The Balaban J connectivity index is 0.000000241. The number of nitrogens with two attached hydrogens (primary N) is 1. The summed E-state index contributed by atoms with van der Waals surface area (Å²) in [5, 5.41) is 22.8. The monoisotopic (exact) mass is 492 g/mol. The third kappa shape index (κ3) is 8.33. The second-order valence-corrected chi connectivity index (χ2v) is 7.74. The van der Waals surface area contributed by atoms with Crippen LogP contribution in [0.25, 0.3) is 0 Å². The summed E-state index contributed by atoms with van der Waals surface area (Å²) in [6, 6.07) is 0.645. The van der Waals surface area contributed by atoms with E-state index in [1.165, 1.54) is 6.20 Å². The molecule has 0 saturated carbocycles. The van der Waals surface area contributed by atoms with Crippen LogP contribution in [-0.4, -0.2) is 77.5 Å². The van der Waals surface area contributed by atoms with Crippen LogP contribution >= 0.6 is 0 Å². The maximum absolute atomic E-state index is 10.7. The summed E-state index contributed by atoms with van der Waals surface area (Å²) < 4.78 is 10.5. The Morgan fingerprint density at radius 2 is 1.34 bits per heavy atom. The fourth-order valence-electron chi connectivity index (χ4n) is 3.47. The van der Waals surface area contributed by atoms with Gasteiger partial charge >= 0.3 is 5.69 Å². The van der Waals surface area contributed by atoms with Crippen molar-refractivity contribution in [3.05, 3.63) is 22.5 Å². The highest BCUT2D eigenvalue weighted by Crippen LogP contribution is 2.22. The van der Waals surface area contributed by atoms with Crippen molar-refractivity contribution in [2.45, 2.75) is 45.2 Å². The average Bonchev–Trinajstić information content (AvgIpc) is 2.86. The van der Waals surface area contributed by atoms with Crippen molar-refractivity contribution in [2.24, 2.45) is 0 Å². The summed E-state index contributed by atoms with van der Waals surface area (Å²) >= 11 is 0. The molecule has 2 aliphatic heterocycles. The molecule has 14 heteroatoms. The molecular formula is C21H36N10O4. The highest BCUT2D eigenvalue weighted by Gasteiger charge is 2.19. The number of nitrogens with zero attached hydrogens (tertiary/aromatic N) is 5. The molecule has 0 spiro atoms. The van der Waals surface area contributed by atoms with E-state index in [4.69, 9.17) is 15.2 Å². The van der Waals surface area contributed by atoms with Gasteiger partial charge in [0.15, 0.2) is 5.82 Å². The van der Waals surface area contributed by atoms with Gasteiger partial charge in [-0.2, -0.15) is 9.97 Å². The van der Waals surface area contributed by atoms with Gasteiger partial charge in [0.1, 0.15) is 6.20 Å². The first-order valence-electron chi connectivity index (χ1n) is 11.2. The molecule has 6 N–H and O–H groups in total. The maximum atomic E-state index is 10.7. The van der Waals surface area contributed by atoms with E-state index in [1.807, 2.05) is 0 Å². The molecule has 0 aromatic carbocycles. The van der Waals surface area contributed by atoms with Gasteiger partial charge in [-0.05, 0) is 25.7 Å². The van der Waals surface area contributed by atoms with Gasteiger partial charge in [0.05, 0.1) is 16.8 Å². The highest BCUT2D eigenvalue weighted by atomic mass is 16.6. The Morgan fingerprint density at radius 1 is 0.886 bits per heavy atom. The van der Waals surface area contributed by atoms with E-state index in [2.05, 4.69) is 41.2 Å². The van der Waals surface area contributed by atoms with E-state index >= 15 is 0 Å². The fourth-order valence-corrected chi connectivity index (χ4v) is 3.47. The van der Waals surface area contributed by atoms with Crippen LogP contribution in [0, 0.1) is 10.1 Å². The number of nitro groups is 1. The number of nitrogen functional groups attached to an aromatic ring is 1. The zero-order chi connectivity index (χ0) is 24.3. The second kappa shape index (κ2) is 14.0.